The van der Waals surface area contributed by atoms with Crippen LogP contribution < -0.4 is 5.48 Å². The Morgan fingerprint density at radius 3 is 2.60 bits per heavy atom. The van der Waals surface area contributed by atoms with Crippen LogP contribution in [0.3, 0.4) is 0 Å². The predicted octanol–water partition coefficient (Wildman–Crippen LogP) is 3.07. The van der Waals surface area contributed by atoms with E-state index in [-0.39, 0.29) is 0 Å². The van der Waals surface area contributed by atoms with Gasteiger partial charge in [-0.25, -0.2) is 5.48 Å². The molecule has 2 N–H and O–H groups in total. The molecule has 0 aliphatic rings. The highest BCUT2D eigenvalue weighted by molar-refractivity contribution is 7.12. The van der Waals surface area contributed by atoms with Gasteiger partial charge in [0.05, 0.1) is 6.54 Å². The largest absolute Gasteiger partial charge is 0.316 e. The van der Waals surface area contributed by atoms with E-state index in [1.165, 1.54) is 14.6 Å². The van der Waals surface area contributed by atoms with Gasteiger partial charge >= 0.3 is 0 Å². The normalized spacial score (nSPS) is 10.7. The van der Waals surface area contributed by atoms with Gasteiger partial charge in [-0.1, -0.05) is 6.07 Å². The average molecular weight is 239 g/mol. The van der Waals surface area contributed by atoms with Crippen LogP contribution in [0.2, 0.25) is 0 Å². The van der Waals surface area contributed by atoms with Gasteiger partial charge < -0.3 is 5.21 Å². The van der Waals surface area contributed by atoms with E-state index in [4.69, 9.17) is 5.21 Å². The third kappa shape index (κ3) is 3.14. The van der Waals surface area contributed by atoms with E-state index >= 15 is 0 Å². The van der Waals surface area contributed by atoms with Gasteiger partial charge in [0.15, 0.2) is 0 Å². The Labute approximate surface area is 97.2 Å². The monoisotopic (exact) mass is 239 g/mol. The third-order valence-corrected chi connectivity index (χ3v) is 4.25. The minimum Gasteiger partial charge on any atom is -0.316 e. The molecule has 2 heterocycles. The van der Waals surface area contributed by atoms with Crippen molar-refractivity contribution in [1.29, 1.82) is 0 Å². The third-order valence-electron chi connectivity index (χ3n) is 2.17. The van der Waals surface area contributed by atoms with Crippen LogP contribution in [0, 0.1) is 0 Å². The van der Waals surface area contributed by atoms with E-state index in [1.807, 2.05) is 11.3 Å². The molecule has 0 spiro atoms. The zero-order valence-corrected chi connectivity index (χ0v) is 9.90. The van der Waals surface area contributed by atoms with E-state index in [0.29, 0.717) is 6.54 Å². The summed E-state index contributed by atoms with van der Waals surface area (Å²) in [5.74, 6) is 0. The standard InChI is InChI=1S/C11H13NOS2/c13-12-8-11-6-5-10(15-11)4-3-9-2-1-7-14-9/h1-2,5-7,12-13H,3-4,8H2. The summed E-state index contributed by atoms with van der Waals surface area (Å²) in [4.78, 5) is 4.00. The Kier molecular flexibility index (Phi) is 3.91. The van der Waals surface area contributed by atoms with Gasteiger partial charge in [-0.05, 0) is 36.4 Å². The lowest BCUT2D eigenvalue weighted by atomic mass is 10.2. The van der Waals surface area contributed by atoms with Crippen LogP contribution in [0.4, 0.5) is 0 Å². The first-order valence-corrected chi connectivity index (χ1v) is 6.55. The first kappa shape index (κ1) is 10.8. The van der Waals surface area contributed by atoms with Gasteiger partial charge in [0.25, 0.3) is 0 Å². The molecule has 0 saturated carbocycles. The highest BCUT2D eigenvalue weighted by Crippen LogP contribution is 2.19. The molecule has 0 saturated heterocycles. The summed E-state index contributed by atoms with van der Waals surface area (Å²) in [6.45, 7) is 0.545. The molecule has 2 aromatic rings. The molecule has 0 radical (unpaired) electrons. The number of nitrogens with one attached hydrogen (secondary N) is 1. The summed E-state index contributed by atoms with van der Waals surface area (Å²) in [5, 5.41) is 10.7. The molecule has 2 aromatic heterocycles. The number of aryl methyl sites for hydroxylation is 2. The number of hydrogen-bond donors (Lipinski definition) is 2. The molecular formula is C11H13NOS2. The van der Waals surface area contributed by atoms with Crippen LogP contribution in [0.15, 0.2) is 29.6 Å². The molecular weight excluding hydrogens is 226 g/mol. The Morgan fingerprint density at radius 1 is 1.07 bits per heavy atom. The van der Waals surface area contributed by atoms with Crippen LogP contribution in [0.5, 0.6) is 0 Å². The van der Waals surface area contributed by atoms with Crippen LogP contribution in [-0.4, -0.2) is 5.21 Å². The molecule has 0 aliphatic carbocycles. The smallest absolute Gasteiger partial charge is 0.0552 e. The minimum absolute atomic E-state index is 0.545. The second-order valence-electron chi connectivity index (χ2n) is 3.28. The van der Waals surface area contributed by atoms with Gasteiger partial charge in [0.2, 0.25) is 0 Å². The maximum absolute atomic E-state index is 8.57. The van der Waals surface area contributed by atoms with Crippen molar-refractivity contribution in [3.63, 3.8) is 0 Å². The van der Waals surface area contributed by atoms with Crippen molar-refractivity contribution in [3.05, 3.63) is 44.3 Å². The minimum atomic E-state index is 0.545. The second-order valence-corrected chi connectivity index (χ2v) is 5.57. The lowest BCUT2D eigenvalue weighted by molar-refractivity contribution is 0.162. The quantitative estimate of drug-likeness (QED) is 0.786. The molecule has 0 aromatic carbocycles. The Balaban J connectivity index is 1.88. The predicted molar refractivity (Wildman–Crippen MR) is 64.7 cm³/mol. The average Bonchev–Trinajstić information content (AvgIpc) is 2.85. The lowest BCUT2D eigenvalue weighted by Gasteiger charge is -1.95. The summed E-state index contributed by atoms with van der Waals surface area (Å²) in [5.41, 5.74) is 2.18. The molecule has 4 heteroatoms. The van der Waals surface area contributed by atoms with Gasteiger partial charge in [-0.2, -0.15) is 0 Å². The molecule has 0 atom stereocenters. The molecule has 0 fully saturated rings. The summed E-state index contributed by atoms with van der Waals surface area (Å²) >= 11 is 3.57. The molecule has 15 heavy (non-hydrogen) atoms. The number of rotatable bonds is 5. The molecule has 0 amide bonds. The van der Waals surface area contributed by atoms with Crippen LogP contribution in [0.25, 0.3) is 0 Å². The molecule has 0 bridgehead atoms. The lowest BCUT2D eigenvalue weighted by Crippen LogP contribution is -2.03. The fraction of sp³-hybridized carbons (Fsp3) is 0.273. The highest BCUT2D eigenvalue weighted by atomic mass is 32.1. The summed E-state index contributed by atoms with van der Waals surface area (Å²) in [7, 11) is 0. The van der Waals surface area contributed by atoms with E-state index < -0.39 is 0 Å². The summed E-state index contributed by atoms with van der Waals surface area (Å²) < 4.78 is 0. The van der Waals surface area contributed by atoms with Crippen molar-refractivity contribution < 1.29 is 5.21 Å². The van der Waals surface area contributed by atoms with Gasteiger partial charge in [-0.15, -0.1) is 22.7 Å². The van der Waals surface area contributed by atoms with Crippen molar-refractivity contribution in [2.45, 2.75) is 19.4 Å². The van der Waals surface area contributed by atoms with Crippen LogP contribution >= 0.6 is 22.7 Å². The Hall–Kier alpha value is -0.680. The van der Waals surface area contributed by atoms with Crippen molar-refractivity contribution in [2.24, 2.45) is 0 Å². The molecule has 0 unspecified atom stereocenters. The van der Waals surface area contributed by atoms with Gasteiger partial charge in [0, 0.05) is 14.6 Å². The van der Waals surface area contributed by atoms with Crippen molar-refractivity contribution in [3.8, 4) is 0 Å². The number of thiophene rings is 2. The van der Waals surface area contributed by atoms with Crippen LogP contribution in [0.1, 0.15) is 14.6 Å². The van der Waals surface area contributed by atoms with E-state index in [9.17, 15) is 0 Å². The van der Waals surface area contributed by atoms with E-state index in [1.54, 1.807) is 11.3 Å². The zero-order valence-electron chi connectivity index (χ0n) is 8.27. The van der Waals surface area contributed by atoms with Gasteiger partial charge in [-0.3, -0.25) is 0 Å². The highest BCUT2D eigenvalue weighted by Gasteiger charge is 2.01. The summed E-state index contributed by atoms with van der Waals surface area (Å²) in [6.07, 6.45) is 2.21. The molecule has 2 rings (SSSR count). The maximum Gasteiger partial charge on any atom is 0.0552 e. The van der Waals surface area contributed by atoms with Crippen molar-refractivity contribution in [1.82, 2.24) is 5.48 Å². The Morgan fingerprint density at radius 2 is 1.87 bits per heavy atom. The van der Waals surface area contributed by atoms with Crippen molar-refractivity contribution >= 4 is 22.7 Å². The first-order chi connectivity index (χ1) is 7.38. The fourth-order valence-electron chi connectivity index (χ4n) is 1.43. The van der Waals surface area contributed by atoms with E-state index in [2.05, 4.69) is 35.1 Å². The zero-order chi connectivity index (χ0) is 10.5. The second kappa shape index (κ2) is 5.42. The Bertz CT molecular complexity index is 394. The topological polar surface area (TPSA) is 32.3 Å². The molecule has 0 aliphatic heterocycles. The number of hydrogen-bond acceptors (Lipinski definition) is 4. The van der Waals surface area contributed by atoms with Crippen LogP contribution in [-0.2, 0) is 19.4 Å². The fourth-order valence-corrected chi connectivity index (χ4v) is 3.09. The first-order valence-electron chi connectivity index (χ1n) is 4.85. The van der Waals surface area contributed by atoms with Gasteiger partial charge in [0.1, 0.15) is 0 Å². The summed E-state index contributed by atoms with van der Waals surface area (Å²) in [6, 6.07) is 8.48. The van der Waals surface area contributed by atoms with E-state index in [0.717, 1.165) is 12.8 Å². The maximum atomic E-state index is 8.57. The molecule has 2 nitrogen and oxygen atoms in total. The van der Waals surface area contributed by atoms with Crippen molar-refractivity contribution in [2.75, 3.05) is 0 Å². The molecule has 80 valence electrons. The number of hydroxylamine groups is 1. The SMILES string of the molecule is ONCc1ccc(CCc2cccs2)s1.